The van der Waals surface area contributed by atoms with Crippen molar-refractivity contribution in [1.29, 1.82) is 0 Å². The van der Waals surface area contributed by atoms with Gasteiger partial charge in [0.25, 0.3) is 0 Å². The first-order valence-corrected chi connectivity index (χ1v) is 10.4. The van der Waals surface area contributed by atoms with Gasteiger partial charge in [0.1, 0.15) is 11.6 Å². The number of pyridine rings is 1. The molecule has 0 amide bonds. The quantitative estimate of drug-likeness (QED) is 0.723. The van der Waals surface area contributed by atoms with Gasteiger partial charge in [-0.1, -0.05) is 18.2 Å². The van der Waals surface area contributed by atoms with Crippen molar-refractivity contribution in [3.8, 4) is 0 Å². The fourth-order valence-electron chi connectivity index (χ4n) is 4.83. The normalized spacial score (nSPS) is 24.8. The van der Waals surface area contributed by atoms with E-state index in [4.69, 9.17) is 4.74 Å². The molecule has 2 saturated heterocycles. The molecule has 5 nitrogen and oxygen atoms in total. The van der Waals surface area contributed by atoms with Gasteiger partial charge in [-0.25, -0.2) is 9.37 Å². The van der Waals surface area contributed by atoms with Gasteiger partial charge in [0.15, 0.2) is 0 Å². The number of nitrogens with zero attached hydrogens (tertiary/aromatic N) is 3. The van der Waals surface area contributed by atoms with E-state index in [0.29, 0.717) is 13.2 Å². The van der Waals surface area contributed by atoms with E-state index in [1.807, 2.05) is 37.3 Å². The van der Waals surface area contributed by atoms with E-state index in [9.17, 15) is 9.18 Å². The molecular formula is C23H28FN3O2. The Morgan fingerprint density at radius 3 is 2.79 bits per heavy atom. The Morgan fingerprint density at radius 2 is 2.07 bits per heavy atom. The van der Waals surface area contributed by atoms with Gasteiger partial charge in [0.2, 0.25) is 0 Å². The molecule has 29 heavy (non-hydrogen) atoms. The SMILES string of the molecule is CCOC(=O)[C@]12CCCN(Cc3ccc(F)cc3)C[C@H]1CN(c1ccccn1)C2. The molecule has 2 aliphatic rings. The van der Waals surface area contributed by atoms with Crippen molar-refractivity contribution in [2.24, 2.45) is 11.3 Å². The Balaban J connectivity index is 1.56. The number of carbonyl (C=O) groups excluding carboxylic acids is 1. The van der Waals surface area contributed by atoms with E-state index in [1.165, 1.54) is 12.1 Å². The monoisotopic (exact) mass is 397 g/mol. The molecule has 0 unspecified atom stereocenters. The minimum Gasteiger partial charge on any atom is -0.466 e. The molecule has 1 aromatic heterocycles. The summed E-state index contributed by atoms with van der Waals surface area (Å²) >= 11 is 0. The molecule has 0 saturated carbocycles. The van der Waals surface area contributed by atoms with Crippen LogP contribution in [0.15, 0.2) is 48.7 Å². The van der Waals surface area contributed by atoms with Gasteiger partial charge >= 0.3 is 5.97 Å². The van der Waals surface area contributed by atoms with Crippen LogP contribution in [0.1, 0.15) is 25.3 Å². The second kappa shape index (κ2) is 8.49. The van der Waals surface area contributed by atoms with E-state index >= 15 is 0 Å². The van der Waals surface area contributed by atoms with Crippen molar-refractivity contribution in [1.82, 2.24) is 9.88 Å². The third-order valence-electron chi connectivity index (χ3n) is 6.25. The Hall–Kier alpha value is -2.47. The number of anilines is 1. The van der Waals surface area contributed by atoms with Crippen LogP contribution in [-0.2, 0) is 16.1 Å². The highest BCUT2D eigenvalue weighted by Gasteiger charge is 2.54. The second-order valence-electron chi connectivity index (χ2n) is 8.11. The topological polar surface area (TPSA) is 45.7 Å². The number of fused-ring (bicyclic) bond motifs is 1. The van der Waals surface area contributed by atoms with E-state index in [-0.39, 0.29) is 17.7 Å². The van der Waals surface area contributed by atoms with Crippen molar-refractivity contribution in [3.63, 3.8) is 0 Å². The lowest BCUT2D eigenvalue weighted by atomic mass is 9.75. The Bertz CT molecular complexity index is 830. The largest absolute Gasteiger partial charge is 0.466 e. The average Bonchev–Trinajstić information content (AvgIpc) is 3.01. The Morgan fingerprint density at radius 1 is 1.24 bits per heavy atom. The van der Waals surface area contributed by atoms with Gasteiger partial charge in [0, 0.05) is 38.3 Å². The smallest absolute Gasteiger partial charge is 0.314 e. The first kappa shape index (κ1) is 19.8. The molecule has 154 valence electrons. The first-order chi connectivity index (χ1) is 14.1. The highest BCUT2D eigenvalue weighted by Crippen LogP contribution is 2.45. The van der Waals surface area contributed by atoms with Crippen LogP contribution >= 0.6 is 0 Å². The van der Waals surface area contributed by atoms with Gasteiger partial charge in [0.05, 0.1) is 12.0 Å². The minimum atomic E-state index is -0.495. The molecule has 0 radical (unpaired) electrons. The van der Waals surface area contributed by atoms with E-state index in [2.05, 4.69) is 14.8 Å². The molecule has 2 fully saturated rings. The highest BCUT2D eigenvalue weighted by atomic mass is 19.1. The van der Waals surface area contributed by atoms with Crippen LogP contribution < -0.4 is 4.90 Å². The predicted molar refractivity (Wildman–Crippen MR) is 110 cm³/mol. The maximum absolute atomic E-state index is 13.2. The summed E-state index contributed by atoms with van der Waals surface area (Å²) in [6.07, 6.45) is 3.55. The Kier molecular flexibility index (Phi) is 5.81. The van der Waals surface area contributed by atoms with E-state index in [0.717, 1.165) is 50.4 Å². The first-order valence-electron chi connectivity index (χ1n) is 10.4. The molecule has 2 aromatic rings. The molecule has 4 rings (SSSR count). The summed E-state index contributed by atoms with van der Waals surface area (Å²) in [6.45, 7) is 6.22. The number of likely N-dealkylation sites (tertiary alicyclic amines) is 1. The molecule has 0 spiro atoms. The van der Waals surface area contributed by atoms with Crippen LogP contribution in [0.5, 0.6) is 0 Å². The number of aromatic nitrogens is 1. The number of carbonyl (C=O) groups is 1. The van der Waals surface area contributed by atoms with Crippen molar-refractivity contribution in [2.75, 3.05) is 37.7 Å². The summed E-state index contributed by atoms with van der Waals surface area (Å²) in [6, 6.07) is 12.6. The standard InChI is InChI=1S/C23H28FN3O2/c1-2-29-22(28)23-11-5-13-26(14-18-7-9-20(24)10-8-18)15-19(23)16-27(17-23)21-6-3-4-12-25-21/h3-4,6-10,12,19H,2,5,11,13-17H2,1H3/t19-,23-/m0/s1. The lowest BCUT2D eigenvalue weighted by molar-refractivity contribution is -0.157. The maximum atomic E-state index is 13.2. The fraction of sp³-hybridized carbons (Fsp3) is 0.478. The van der Waals surface area contributed by atoms with Crippen molar-refractivity contribution in [3.05, 3.63) is 60.0 Å². The van der Waals surface area contributed by atoms with Crippen LogP contribution in [0, 0.1) is 17.2 Å². The molecule has 0 bridgehead atoms. The van der Waals surface area contributed by atoms with Gasteiger partial charge in [-0.05, 0) is 56.1 Å². The molecule has 0 N–H and O–H groups in total. The number of esters is 1. The van der Waals surface area contributed by atoms with Crippen LogP contribution in [0.4, 0.5) is 10.2 Å². The summed E-state index contributed by atoms with van der Waals surface area (Å²) in [4.78, 5) is 22.2. The van der Waals surface area contributed by atoms with Gasteiger partial charge < -0.3 is 9.64 Å². The summed E-state index contributed by atoms with van der Waals surface area (Å²) < 4.78 is 18.8. The highest BCUT2D eigenvalue weighted by molar-refractivity contribution is 5.79. The van der Waals surface area contributed by atoms with Crippen LogP contribution in [-0.4, -0.2) is 48.6 Å². The maximum Gasteiger partial charge on any atom is 0.314 e. The van der Waals surface area contributed by atoms with Gasteiger partial charge in [-0.15, -0.1) is 0 Å². The fourth-order valence-corrected chi connectivity index (χ4v) is 4.83. The number of ether oxygens (including phenoxy) is 1. The third-order valence-corrected chi connectivity index (χ3v) is 6.25. The number of hydrogen-bond donors (Lipinski definition) is 0. The van der Waals surface area contributed by atoms with Gasteiger partial charge in [-0.3, -0.25) is 9.69 Å². The molecule has 2 atom stereocenters. The zero-order valence-electron chi connectivity index (χ0n) is 16.9. The van der Waals surface area contributed by atoms with Crippen molar-refractivity contribution < 1.29 is 13.9 Å². The minimum absolute atomic E-state index is 0.0768. The predicted octanol–water partition coefficient (Wildman–Crippen LogP) is 3.50. The molecule has 1 aromatic carbocycles. The summed E-state index contributed by atoms with van der Waals surface area (Å²) in [5, 5.41) is 0. The second-order valence-corrected chi connectivity index (χ2v) is 8.11. The summed E-state index contributed by atoms with van der Waals surface area (Å²) in [5.74, 6) is 0.792. The number of rotatable bonds is 5. The lowest BCUT2D eigenvalue weighted by Crippen LogP contribution is -2.42. The van der Waals surface area contributed by atoms with E-state index < -0.39 is 5.41 Å². The van der Waals surface area contributed by atoms with Crippen molar-refractivity contribution >= 4 is 11.8 Å². The average molecular weight is 397 g/mol. The molecule has 6 heteroatoms. The lowest BCUT2D eigenvalue weighted by Gasteiger charge is -2.31. The van der Waals surface area contributed by atoms with Crippen molar-refractivity contribution in [2.45, 2.75) is 26.3 Å². The molecule has 0 aliphatic carbocycles. The zero-order valence-corrected chi connectivity index (χ0v) is 16.9. The van der Waals surface area contributed by atoms with E-state index in [1.54, 1.807) is 6.20 Å². The van der Waals surface area contributed by atoms with Crippen LogP contribution in [0.2, 0.25) is 0 Å². The number of hydrogen-bond acceptors (Lipinski definition) is 5. The summed E-state index contributed by atoms with van der Waals surface area (Å²) in [7, 11) is 0. The third kappa shape index (κ3) is 4.13. The van der Waals surface area contributed by atoms with Crippen LogP contribution in [0.25, 0.3) is 0 Å². The summed E-state index contributed by atoms with van der Waals surface area (Å²) in [5.41, 5.74) is 0.597. The van der Waals surface area contributed by atoms with Gasteiger partial charge in [-0.2, -0.15) is 0 Å². The van der Waals surface area contributed by atoms with Crippen LogP contribution in [0.3, 0.4) is 0 Å². The number of halogens is 1. The zero-order chi connectivity index (χ0) is 20.3. The number of benzene rings is 1. The molecule has 3 heterocycles. The molecule has 2 aliphatic heterocycles. The molecular weight excluding hydrogens is 369 g/mol. The Labute approximate surface area is 171 Å².